The van der Waals surface area contributed by atoms with E-state index >= 15 is 0 Å². The number of benzene rings is 2. The summed E-state index contributed by atoms with van der Waals surface area (Å²) in [5.41, 5.74) is 7.60. The number of hydrogen-bond donors (Lipinski definition) is 1. The SMILES string of the molecule is Cc1nn(C)c(Oc2ccc(Cl)c3ccccc23)c1CN. The molecular formula is C16H16ClN3O. The Hall–Kier alpha value is -2.04. The topological polar surface area (TPSA) is 53.1 Å². The lowest BCUT2D eigenvalue weighted by atomic mass is 10.1. The van der Waals surface area contributed by atoms with Gasteiger partial charge in [0.2, 0.25) is 5.88 Å². The Morgan fingerprint density at radius 2 is 1.90 bits per heavy atom. The molecule has 0 saturated carbocycles. The van der Waals surface area contributed by atoms with Gasteiger partial charge in [-0.3, -0.25) is 0 Å². The monoisotopic (exact) mass is 301 g/mol. The second kappa shape index (κ2) is 5.39. The lowest BCUT2D eigenvalue weighted by Gasteiger charge is -2.11. The predicted molar refractivity (Wildman–Crippen MR) is 84.9 cm³/mol. The van der Waals surface area contributed by atoms with E-state index in [0.717, 1.165) is 27.8 Å². The summed E-state index contributed by atoms with van der Waals surface area (Å²) in [5, 5.41) is 7.00. The van der Waals surface area contributed by atoms with Crippen molar-refractivity contribution in [3.05, 3.63) is 52.7 Å². The zero-order valence-corrected chi connectivity index (χ0v) is 12.7. The van der Waals surface area contributed by atoms with Crippen molar-refractivity contribution in [3.63, 3.8) is 0 Å². The van der Waals surface area contributed by atoms with Crippen molar-refractivity contribution in [2.75, 3.05) is 0 Å². The lowest BCUT2D eigenvalue weighted by molar-refractivity contribution is 0.430. The zero-order valence-electron chi connectivity index (χ0n) is 11.9. The summed E-state index contributed by atoms with van der Waals surface area (Å²) < 4.78 is 7.79. The first-order chi connectivity index (χ1) is 10.1. The minimum Gasteiger partial charge on any atom is -0.438 e. The fraction of sp³-hybridized carbons (Fsp3) is 0.188. The molecule has 0 atom stereocenters. The van der Waals surface area contributed by atoms with Gasteiger partial charge in [-0.1, -0.05) is 35.9 Å². The van der Waals surface area contributed by atoms with E-state index in [1.165, 1.54) is 0 Å². The second-order valence-corrected chi connectivity index (χ2v) is 5.30. The molecule has 0 spiro atoms. The third kappa shape index (κ3) is 2.37. The van der Waals surface area contributed by atoms with Gasteiger partial charge in [-0.25, -0.2) is 4.68 Å². The number of fused-ring (bicyclic) bond motifs is 1. The van der Waals surface area contributed by atoms with Gasteiger partial charge in [-0.05, 0) is 19.1 Å². The minimum absolute atomic E-state index is 0.389. The molecule has 0 aliphatic rings. The van der Waals surface area contributed by atoms with Crippen LogP contribution in [0.5, 0.6) is 11.6 Å². The Kier molecular flexibility index (Phi) is 3.57. The van der Waals surface area contributed by atoms with Crippen LogP contribution in [0.1, 0.15) is 11.3 Å². The molecule has 2 N–H and O–H groups in total. The van der Waals surface area contributed by atoms with E-state index in [2.05, 4.69) is 5.10 Å². The van der Waals surface area contributed by atoms with Gasteiger partial charge in [0, 0.05) is 29.4 Å². The number of aryl methyl sites for hydroxylation is 2. The summed E-state index contributed by atoms with van der Waals surface area (Å²) in [6, 6.07) is 11.6. The van der Waals surface area contributed by atoms with Crippen LogP contribution in [0, 0.1) is 6.92 Å². The van der Waals surface area contributed by atoms with Gasteiger partial charge in [0.1, 0.15) is 5.75 Å². The van der Waals surface area contributed by atoms with Gasteiger partial charge in [-0.15, -0.1) is 0 Å². The number of hydrogen-bond acceptors (Lipinski definition) is 3. The van der Waals surface area contributed by atoms with Crippen LogP contribution in [0.15, 0.2) is 36.4 Å². The predicted octanol–water partition coefficient (Wildman–Crippen LogP) is 3.79. The van der Waals surface area contributed by atoms with Gasteiger partial charge in [0.15, 0.2) is 0 Å². The largest absolute Gasteiger partial charge is 0.438 e. The fourth-order valence-electron chi connectivity index (χ4n) is 2.47. The van der Waals surface area contributed by atoms with Crippen LogP contribution in [0.4, 0.5) is 0 Å². The van der Waals surface area contributed by atoms with E-state index in [1.54, 1.807) is 4.68 Å². The maximum absolute atomic E-state index is 6.23. The molecule has 0 fully saturated rings. The summed E-state index contributed by atoms with van der Waals surface area (Å²) in [7, 11) is 1.85. The molecule has 5 heteroatoms. The standard InChI is InChI=1S/C16H16ClN3O/c1-10-13(9-18)16(20(2)19-10)21-15-8-7-14(17)11-5-3-4-6-12(11)15/h3-8H,9,18H2,1-2H3. The molecule has 3 rings (SSSR count). The highest BCUT2D eigenvalue weighted by Gasteiger charge is 2.15. The Morgan fingerprint density at radius 3 is 2.62 bits per heavy atom. The molecule has 0 radical (unpaired) electrons. The first-order valence-electron chi connectivity index (χ1n) is 6.69. The molecule has 0 unspecified atom stereocenters. The normalized spacial score (nSPS) is 11.0. The van der Waals surface area contributed by atoms with Crippen molar-refractivity contribution in [2.24, 2.45) is 12.8 Å². The second-order valence-electron chi connectivity index (χ2n) is 4.89. The molecule has 0 saturated heterocycles. The number of nitrogens with two attached hydrogens (primary N) is 1. The molecule has 0 bridgehead atoms. The van der Waals surface area contributed by atoms with Crippen molar-refractivity contribution < 1.29 is 4.74 Å². The number of rotatable bonds is 3. The molecule has 4 nitrogen and oxygen atoms in total. The lowest BCUT2D eigenvalue weighted by Crippen LogP contribution is -2.01. The quantitative estimate of drug-likeness (QED) is 0.801. The van der Waals surface area contributed by atoms with Crippen molar-refractivity contribution in [1.82, 2.24) is 9.78 Å². The average Bonchev–Trinajstić information content (AvgIpc) is 2.76. The van der Waals surface area contributed by atoms with Crippen LogP contribution in [0.3, 0.4) is 0 Å². The van der Waals surface area contributed by atoms with Gasteiger partial charge in [0.05, 0.1) is 11.3 Å². The molecule has 1 aromatic heterocycles. The molecular weight excluding hydrogens is 286 g/mol. The van der Waals surface area contributed by atoms with Gasteiger partial charge < -0.3 is 10.5 Å². The highest BCUT2D eigenvalue weighted by atomic mass is 35.5. The van der Waals surface area contributed by atoms with Crippen molar-refractivity contribution in [3.8, 4) is 11.6 Å². The van der Waals surface area contributed by atoms with E-state index in [4.69, 9.17) is 22.1 Å². The minimum atomic E-state index is 0.389. The highest BCUT2D eigenvalue weighted by molar-refractivity contribution is 6.35. The molecule has 108 valence electrons. The Bertz CT molecular complexity index is 811. The van der Waals surface area contributed by atoms with Gasteiger partial charge in [0.25, 0.3) is 0 Å². The van der Waals surface area contributed by atoms with E-state index in [1.807, 2.05) is 50.4 Å². The maximum Gasteiger partial charge on any atom is 0.222 e. The zero-order chi connectivity index (χ0) is 15.0. The molecule has 0 amide bonds. The molecule has 0 aliphatic heterocycles. The van der Waals surface area contributed by atoms with Crippen LogP contribution in [-0.4, -0.2) is 9.78 Å². The number of nitrogens with zero attached hydrogens (tertiary/aromatic N) is 2. The van der Waals surface area contributed by atoms with Crippen molar-refractivity contribution in [2.45, 2.75) is 13.5 Å². The third-order valence-electron chi connectivity index (χ3n) is 3.53. The van der Waals surface area contributed by atoms with Gasteiger partial charge >= 0.3 is 0 Å². The molecule has 0 aliphatic carbocycles. The smallest absolute Gasteiger partial charge is 0.222 e. The molecule has 3 aromatic rings. The Labute approximate surface area is 128 Å². The summed E-state index contributed by atoms with van der Waals surface area (Å²) >= 11 is 6.23. The first kappa shape index (κ1) is 13.9. The van der Waals surface area contributed by atoms with Gasteiger partial charge in [-0.2, -0.15) is 5.10 Å². The molecule has 21 heavy (non-hydrogen) atoms. The van der Waals surface area contributed by atoms with Crippen LogP contribution in [0.25, 0.3) is 10.8 Å². The van der Waals surface area contributed by atoms with E-state index < -0.39 is 0 Å². The fourth-order valence-corrected chi connectivity index (χ4v) is 2.70. The van der Waals surface area contributed by atoms with E-state index in [0.29, 0.717) is 17.4 Å². The van der Waals surface area contributed by atoms with Crippen LogP contribution in [0.2, 0.25) is 5.02 Å². The Morgan fingerprint density at radius 1 is 1.19 bits per heavy atom. The first-order valence-corrected chi connectivity index (χ1v) is 7.07. The average molecular weight is 302 g/mol. The van der Waals surface area contributed by atoms with Crippen molar-refractivity contribution >= 4 is 22.4 Å². The highest BCUT2D eigenvalue weighted by Crippen LogP contribution is 2.35. The summed E-state index contributed by atoms with van der Waals surface area (Å²) in [6.07, 6.45) is 0. The van der Waals surface area contributed by atoms with Crippen LogP contribution >= 0.6 is 11.6 Å². The van der Waals surface area contributed by atoms with E-state index in [-0.39, 0.29) is 0 Å². The van der Waals surface area contributed by atoms with Crippen molar-refractivity contribution in [1.29, 1.82) is 0 Å². The van der Waals surface area contributed by atoms with Crippen LogP contribution in [-0.2, 0) is 13.6 Å². The summed E-state index contributed by atoms with van der Waals surface area (Å²) in [6.45, 7) is 2.32. The number of halogens is 1. The number of ether oxygens (including phenoxy) is 1. The van der Waals surface area contributed by atoms with E-state index in [9.17, 15) is 0 Å². The molecule has 2 aromatic carbocycles. The molecule has 1 heterocycles. The maximum atomic E-state index is 6.23. The third-order valence-corrected chi connectivity index (χ3v) is 3.86. The number of aromatic nitrogens is 2. The Balaban J connectivity index is 2.13. The summed E-state index contributed by atoms with van der Waals surface area (Å²) in [4.78, 5) is 0. The van der Waals surface area contributed by atoms with Crippen LogP contribution < -0.4 is 10.5 Å². The summed E-state index contributed by atoms with van der Waals surface area (Å²) in [5.74, 6) is 1.41.